The number of carboxylic acid groups (broad SMARTS) is 1. The number of nitrogens with zero attached hydrogens (tertiary/aromatic N) is 3. The van der Waals surface area contributed by atoms with E-state index in [0.29, 0.717) is 53.5 Å². The Labute approximate surface area is 325 Å². The van der Waals surface area contributed by atoms with Crippen molar-refractivity contribution in [3.63, 3.8) is 0 Å². The molecule has 56 heavy (non-hydrogen) atoms. The largest absolute Gasteiger partial charge is 0.494 e. The summed E-state index contributed by atoms with van der Waals surface area (Å²) in [5.41, 5.74) is -3.94. The summed E-state index contributed by atoms with van der Waals surface area (Å²) >= 11 is 0. The van der Waals surface area contributed by atoms with Gasteiger partial charge in [0, 0.05) is 23.1 Å². The van der Waals surface area contributed by atoms with E-state index in [1.807, 2.05) is 25.1 Å². The summed E-state index contributed by atoms with van der Waals surface area (Å²) in [5.74, 6) is -3.20. The normalized spacial score (nSPS) is 29.3. The molecule has 2 aromatic rings. The van der Waals surface area contributed by atoms with Crippen molar-refractivity contribution < 1.29 is 51.0 Å². The van der Waals surface area contributed by atoms with Crippen LogP contribution in [-0.4, -0.2) is 107 Å². The molecule has 0 radical (unpaired) electrons. The Morgan fingerprint density at radius 1 is 1.16 bits per heavy atom. The second-order valence-corrected chi connectivity index (χ2v) is 18.1. The van der Waals surface area contributed by atoms with Crippen LogP contribution in [0.2, 0.25) is 0 Å². The third-order valence-electron chi connectivity index (χ3n) is 11.8. The first kappa shape index (κ1) is 41.1. The van der Waals surface area contributed by atoms with Gasteiger partial charge in [-0.05, 0) is 70.3 Å². The van der Waals surface area contributed by atoms with Gasteiger partial charge in [-0.2, -0.15) is 0 Å². The van der Waals surface area contributed by atoms with Gasteiger partial charge in [-0.15, -0.1) is 0 Å². The molecule has 0 unspecified atom stereocenters. The number of amides is 4. The number of alkyl halides is 2. The molecule has 4 amide bonds. The molecule has 4 aliphatic rings. The molecule has 2 aliphatic carbocycles. The number of ether oxygens (including phenoxy) is 2. The van der Waals surface area contributed by atoms with Gasteiger partial charge in [0.25, 0.3) is 12.3 Å². The summed E-state index contributed by atoms with van der Waals surface area (Å²) in [6.07, 6.45) is 1.88. The first-order valence-corrected chi connectivity index (χ1v) is 20.7. The monoisotopic (exact) mass is 803 g/mol. The molecular formula is C39H51F2N5O9S. The highest BCUT2D eigenvalue weighted by molar-refractivity contribution is 7.91. The number of hydrogen-bond donors (Lipinski definition) is 3. The third-order valence-corrected chi connectivity index (χ3v) is 13.6. The number of benzene rings is 1. The van der Waals surface area contributed by atoms with E-state index >= 15 is 4.79 Å². The van der Waals surface area contributed by atoms with Crippen LogP contribution < -0.4 is 19.5 Å². The van der Waals surface area contributed by atoms with Gasteiger partial charge in [0.15, 0.2) is 0 Å². The van der Waals surface area contributed by atoms with Crippen LogP contribution >= 0.6 is 0 Å². The van der Waals surface area contributed by atoms with E-state index in [0.717, 1.165) is 13.8 Å². The fraction of sp³-hybridized carbons (Fsp3) is 0.615. The molecule has 0 bridgehead atoms. The maximum atomic E-state index is 15.1. The van der Waals surface area contributed by atoms with Crippen molar-refractivity contribution in [1.29, 1.82) is 0 Å². The lowest BCUT2D eigenvalue weighted by Gasteiger charge is -2.45. The molecule has 6 rings (SSSR count). The summed E-state index contributed by atoms with van der Waals surface area (Å²) in [6.45, 7) is 5.61. The molecule has 1 saturated heterocycles. The van der Waals surface area contributed by atoms with Gasteiger partial charge >= 0.3 is 6.09 Å². The maximum absolute atomic E-state index is 15.1. The highest BCUT2D eigenvalue weighted by Gasteiger charge is 2.62. The number of sulfonamides is 1. The second kappa shape index (κ2) is 15.8. The topological polar surface area (TPSA) is 185 Å². The van der Waals surface area contributed by atoms with Crippen LogP contribution in [-0.2, 0) is 24.4 Å². The molecule has 306 valence electrons. The van der Waals surface area contributed by atoms with Gasteiger partial charge in [-0.1, -0.05) is 50.6 Å². The van der Waals surface area contributed by atoms with E-state index in [4.69, 9.17) is 9.47 Å². The molecule has 2 aliphatic heterocycles. The average molecular weight is 804 g/mol. The summed E-state index contributed by atoms with van der Waals surface area (Å²) < 4.78 is 69.3. The maximum Gasteiger partial charge on any atom is 0.408 e. The van der Waals surface area contributed by atoms with Crippen LogP contribution in [0.15, 0.2) is 42.6 Å². The van der Waals surface area contributed by atoms with E-state index in [9.17, 15) is 36.7 Å². The number of nitrogens with one attached hydrogen (secondary N) is 2. The Morgan fingerprint density at radius 3 is 2.48 bits per heavy atom. The van der Waals surface area contributed by atoms with Crippen LogP contribution in [0.4, 0.5) is 13.6 Å². The molecule has 3 N–H and O–H groups in total. The van der Waals surface area contributed by atoms with Crippen molar-refractivity contribution in [3.05, 3.63) is 42.6 Å². The van der Waals surface area contributed by atoms with Gasteiger partial charge in [-0.25, -0.2) is 27.0 Å². The number of carbonyl (C=O) groups excluding carboxylic acids is 3. The van der Waals surface area contributed by atoms with Crippen molar-refractivity contribution in [3.8, 4) is 11.6 Å². The molecule has 1 aromatic carbocycles. The number of hydrogen-bond acceptors (Lipinski definition) is 9. The standard InChI is InChI=1S/C39H51F2N5O9S/c1-6-23-17-22(2)11-7-8-12-24-19-39(24,36(49)44-56(52,53)26-15-16-26)43-32(47)29-18-25(55-33-28-14-10-9-13-27(28)30(54-5)20-42-33)21-45(29)34(48)31(23)46(37(50)51)38(3,4)35(40)41/h8-10,12-14,20,22-26,29,31,35H,6-7,11,15-19,21H2,1-5H3,(H,43,47)(H,44,49)(H,50,51)/b12-8-/t22-,23+,24+,25+,29-,31-,39+/m0/s1. The highest BCUT2D eigenvalue weighted by atomic mass is 32.2. The number of pyridine rings is 1. The number of aromatic nitrogens is 1. The van der Waals surface area contributed by atoms with Gasteiger partial charge in [0.2, 0.25) is 27.7 Å². The Balaban J connectivity index is 1.43. The zero-order chi connectivity index (χ0) is 40.7. The zero-order valence-electron chi connectivity index (χ0n) is 32.2. The summed E-state index contributed by atoms with van der Waals surface area (Å²) in [5, 5.41) is 13.9. The van der Waals surface area contributed by atoms with Crippen molar-refractivity contribution in [2.45, 2.75) is 120 Å². The Morgan fingerprint density at radius 2 is 1.86 bits per heavy atom. The first-order chi connectivity index (χ1) is 26.4. The van der Waals surface area contributed by atoms with Crippen molar-refractivity contribution in [1.82, 2.24) is 24.8 Å². The number of allylic oxidation sites excluding steroid dienone is 1. The first-order valence-electron chi connectivity index (χ1n) is 19.2. The van der Waals surface area contributed by atoms with E-state index < -0.39 is 86.6 Å². The van der Waals surface area contributed by atoms with Crippen molar-refractivity contribution >= 4 is 44.6 Å². The predicted molar refractivity (Wildman–Crippen MR) is 202 cm³/mol. The van der Waals surface area contributed by atoms with E-state index in [2.05, 4.69) is 15.0 Å². The predicted octanol–water partition coefficient (Wildman–Crippen LogP) is 4.87. The van der Waals surface area contributed by atoms with E-state index in [1.54, 1.807) is 25.1 Å². The Bertz CT molecular complexity index is 1990. The van der Waals surface area contributed by atoms with Crippen LogP contribution in [0.3, 0.4) is 0 Å². The van der Waals surface area contributed by atoms with Gasteiger partial charge in [0.1, 0.15) is 35.0 Å². The lowest BCUT2D eigenvalue weighted by molar-refractivity contribution is -0.149. The van der Waals surface area contributed by atoms with Gasteiger partial charge in [0.05, 0.1) is 25.1 Å². The van der Waals surface area contributed by atoms with Crippen LogP contribution in [0.5, 0.6) is 11.6 Å². The van der Waals surface area contributed by atoms with Crippen molar-refractivity contribution in [2.24, 2.45) is 17.8 Å². The molecule has 1 aromatic heterocycles. The molecule has 3 fully saturated rings. The molecular weight excluding hydrogens is 753 g/mol. The highest BCUT2D eigenvalue weighted by Crippen LogP contribution is 2.46. The Hall–Kier alpha value is -4.54. The fourth-order valence-corrected chi connectivity index (χ4v) is 9.58. The summed E-state index contributed by atoms with van der Waals surface area (Å²) in [7, 11) is -2.48. The number of rotatable bonds is 10. The minimum absolute atomic E-state index is 0.0779. The molecule has 17 heteroatoms. The quantitative estimate of drug-likeness (QED) is 0.280. The Kier molecular flexibility index (Phi) is 11.6. The van der Waals surface area contributed by atoms with Gasteiger partial charge < -0.3 is 24.8 Å². The molecule has 7 atom stereocenters. The fourth-order valence-electron chi connectivity index (χ4n) is 8.21. The van der Waals surface area contributed by atoms with Gasteiger partial charge in [-0.3, -0.25) is 24.0 Å². The number of methoxy groups -OCH3 is 1. The smallest absolute Gasteiger partial charge is 0.408 e. The summed E-state index contributed by atoms with van der Waals surface area (Å²) in [6, 6.07) is 4.20. The second-order valence-electron chi connectivity index (χ2n) is 16.2. The lowest BCUT2D eigenvalue weighted by atomic mass is 9.82. The lowest BCUT2D eigenvalue weighted by Crippen LogP contribution is -2.65. The molecule has 14 nitrogen and oxygen atoms in total. The number of halogens is 2. The van der Waals surface area contributed by atoms with Crippen LogP contribution in [0.1, 0.15) is 79.1 Å². The summed E-state index contributed by atoms with van der Waals surface area (Å²) in [4.78, 5) is 62.6. The third kappa shape index (κ3) is 8.00. The molecule has 2 saturated carbocycles. The minimum Gasteiger partial charge on any atom is -0.494 e. The van der Waals surface area contributed by atoms with Crippen LogP contribution in [0, 0.1) is 17.8 Å². The number of carbonyl (C=O) groups is 4. The van der Waals surface area contributed by atoms with E-state index in [-0.39, 0.29) is 37.6 Å². The molecule has 0 spiro atoms. The van der Waals surface area contributed by atoms with Crippen molar-refractivity contribution in [2.75, 3.05) is 13.7 Å². The SMILES string of the molecule is CC[C@@H]1C[C@@H](C)CC/C=C\[C@@H]2C[C@@]2(C(=O)NS(=O)(=O)C2CC2)NC(=O)[C@@H]2C[C@@H](Oc3ncc(OC)c4ccccc34)CN2C(=O)[C@H]1N(C(=O)O)C(C)(C)C(F)F. The minimum atomic E-state index is -3.98. The number of fused-ring (bicyclic) bond motifs is 3. The van der Waals surface area contributed by atoms with Crippen LogP contribution in [0.25, 0.3) is 10.8 Å². The van der Waals surface area contributed by atoms with E-state index in [1.165, 1.54) is 18.2 Å². The molecule has 3 heterocycles. The average Bonchev–Trinajstić information content (AvgIpc) is 4.07. The zero-order valence-corrected chi connectivity index (χ0v) is 33.1.